The van der Waals surface area contributed by atoms with Gasteiger partial charge in [0.1, 0.15) is 0 Å². The molecule has 5 heteroatoms. The number of rotatable bonds is 2. The molecular weight excluding hydrogens is 176 g/mol. The summed E-state index contributed by atoms with van der Waals surface area (Å²) in [4.78, 5) is 32.6. The third-order valence-corrected chi connectivity index (χ3v) is 1.44. The zero-order valence-corrected chi connectivity index (χ0v) is 7.03. The van der Waals surface area contributed by atoms with Crippen molar-refractivity contribution in [3.63, 3.8) is 0 Å². The highest BCUT2D eigenvalue weighted by molar-refractivity contribution is 6.09. The number of Topliss-reactive ketones (excluding diaryl/α,β-unsaturated/α-hetero) is 1. The van der Waals surface area contributed by atoms with Crippen molar-refractivity contribution in [1.82, 2.24) is 0 Å². The maximum atomic E-state index is 10.9. The van der Waals surface area contributed by atoms with Gasteiger partial charge in [-0.1, -0.05) is 6.58 Å². The van der Waals surface area contributed by atoms with Gasteiger partial charge < -0.3 is 9.47 Å². The van der Waals surface area contributed by atoms with Gasteiger partial charge in [-0.2, -0.15) is 0 Å². The lowest BCUT2D eigenvalue weighted by atomic mass is 10.3. The Kier molecular flexibility index (Phi) is 2.46. The predicted molar refractivity (Wildman–Crippen MR) is 40.7 cm³/mol. The largest absolute Gasteiger partial charge is 0.454 e. The van der Waals surface area contributed by atoms with Crippen molar-refractivity contribution < 1.29 is 23.9 Å². The van der Waals surface area contributed by atoms with E-state index < -0.39 is 23.8 Å². The van der Waals surface area contributed by atoms with Crippen molar-refractivity contribution in [3.8, 4) is 0 Å². The number of esters is 2. The van der Waals surface area contributed by atoms with Crippen LogP contribution in [0, 0.1) is 0 Å². The van der Waals surface area contributed by atoms with Gasteiger partial charge in [0, 0.05) is 5.57 Å². The van der Waals surface area contributed by atoms with Gasteiger partial charge in [0.2, 0.25) is 5.78 Å². The molecule has 1 saturated heterocycles. The fourth-order valence-electron chi connectivity index (χ4n) is 0.747. The van der Waals surface area contributed by atoms with Crippen molar-refractivity contribution >= 4 is 17.7 Å². The average molecular weight is 184 g/mol. The molecule has 0 aromatic heterocycles. The maximum absolute atomic E-state index is 10.9. The normalized spacial score (nSPS) is 21.2. The van der Waals surface area contributed by atoms with Crippen LogP contribution >= 0.6 is 0 Å². The van der Waals surface area contributed by atoms with Gasteiger partial charge in [-0.15, -0.1) is 0 Å². The van der Waals surface area contributed by atoms with E-state index in [1.807, 2.05) is 0 Å². The molecule has 0 N–H and O–H groups in total. The quantitative estimate of drug-likeness (QED) is 0.332. The van der Waals surface area contributed by atoms with E-state index in [9.17, 15) is 14.4 Å². The molecule has 5 nitrogen and oxygen atoms in total. The molecule has 13 heavy (non-hydrogen) atoms. The molecular formula is C8H8O5. The average Bonchev–Trinajstić information content (AvgIpc) is 2.35. The number of ketones is 1. The van der Waals surface area contributed by atoms with Crippen molar-refractivity contribution in [2.24, 2.45) is 0 Å². The highest BCUT2D eigenvalue weighted by Crippen LogP contribution is 2.08. The van der Waals surface area contributed by atoms with Gasteiger partial charge in [0.25, 0.3) is 6.10 Å². The zero-order valence-electron chi connectivity index (χ0n) is 7.03. The lowest BCUT2D eigenvalue weighted by Crippen LogP contribution is -2.29. The Morgan fingerprint density at radius 2 is 2.23 bits per heavy atom. The predicted octanol–water partition coefficient (Wildman–Crippen LogP) is -0.400. The number of hydrogen-bond acceptors (Lipinski definition) is 5. The molecule has 1 aliphatic heterocycles. The molecule has 0 aromatic carbocycles. The van der Waals surface area contributed by atoms with E-state index in [-0.39, 0.29) is 12.2 Å². The summed E-state index contributed by atoms with van der Waals surface area (Å²) in [7, 11) is 0. The molecule has 1 aliphatic rings. The Morgan fingerprint density at radius 3 is 2.62 bits per heavy atom. The molecule has 0 aromatic rings. The second-order valence-electron chi connectivity index (χ2n) is 2.64. The molecule has 0 aliphatic carbocycles. The fourth-order valence-corrected chi connectivity index (χ4v) is 0.747. The highest BCUT2D eigenvalue weighted by atomic mass is 16.6. The third kappa shape index (κ3) is 1.93. The van der Waals surface area contributed by atoms with E-state index in [2.05, 4.69) is 16.1 Å². The van der Waals surface area contributed by atoms with Crippen molar-refractivity contribution in [3.05, 3.63) is 12.2 Å². The van der Waals surface area contributed by atoms with Crippen LogP contribution in [0.3, 0.4) is 0 Å². The first-order chi connectivity index (χ1) is 6.02. The van der Waals surface area contributed by atoms with Gasteiger partial charge in [0.15, 0.2) is 6.61 Å². The molecule has 1 atom stereocenters. The van der Waals surface area contributed by atoms with Crippen molar-refractivity contribution in [1.29, 1.82) is 0 Å². The molecule has 70 valence electrons. The Morgan fingerprint density at radius 1 is 1.62 bits per heavy atom. The molecule has 0 spiro atoms. The highest BCUT2D eigenvalue weighted by Gasteiger charge is 2.38. The maximum Gasteiger partial charge on any atom is 0.355 e. The van der Waals surface area contributed by atoms with Crippen LogP contribution in [0.25, 0.3) is 0 Å². The van der Waals surface area contributed by atoms with Crippen LogP contribution < -0.4 is 0 Å². The second-order valence-corrected chi connectivity index (χ2v) is 2.64. The number of hydrogen-bond donors (Lipinski definition) is 0. The van der Waals surface area contributed by atoms with Gasteiger partial charge in [0.05, 0.1) is 0 Å². The lowest BCUT2D eigenvalue weighted by Gasteiger charge is -2.05. The molecule has 0 bridgehead atoms. The summed E-state index contributed by atoms with van der Waals surface area (Å²) in [6.45, 7) is 4.41. The molecule has 0 radical (unpaired) electrons. The minimum Gasteiger partial charge on any atom is -0.454 e. The van der Waals surface area contributed by atoms with E-state index in [0.717, 1.165) is 0 Å². The zero-order chi connectivity index (χ0) is 10.0. The summed E-state index contributed by atoms with van der Waals surface area (Å²) in [5.74, 6) is -2.13. The standard InChI is InChI=1S/C8H8O5/c1-4(2)7(10)13-6-5(9)3-12-8(6)11/h6H,1,3H2,2H3. The van der Waals surface area contributed by atoms with E-state index >= 15 is 0 Å². The first kappa shape index (κ1) is 9.44. The van der Waals surface area contributed by atoms with Gasteiger partial charge in [-0.25, -0.2) is 9.59 Å². The molecule has 1 heterocycles. The van der Waals surface area contributed by atoms with Gasteiger partial charge in [-0.3, -0.25) is 4.79 Å². The first-order valence-electron chi connectivity index (χ1n) is 3.58. The molecule has 1 rings (SSSR count). The van der Waals surface area contributed by atoms with Gasteiger partial charge in [-0.05, 0) is 6.92 Å². The molecule has 1 fully saturated rings. The van der Waals surface area contributed by atoms with E-state index in [1.54, 1.807) is 0 Å². The molecule has 0 saturated carbocycles. The number of cyclic esters (lactones) is 1. The Hall–Kier alpha value is -1.65. The Bertz CT molecular complexity index is 275. The van der Waals surface area contributed by atoms with E-state index in [4.69, 9.17) is 0 Å². The summed E-state index contributed by atoms with van der Waals surface area (Å²) < 4.78 is 8.90. The van der Waals surface area contributed by atoms with Crippen LogP contribution in [0.2, 0.25) is 0 Å². The summed E-state index contributed by atoms with van der Waals surface area (Å²) in [5, 5.41) is 0. The third-order valence-electron chi connectivity index (χ3n) is 1.44. The topological polar surface area (TPSA) is 69.7 Å². The van der Waals surface area contributed by atoms with Crippen molar-refractivity contribution in [2.45, 2.75) is 13.0 Å². The number of carbonyl (C=O) groups excluding carboxylic acids is 3. The lowest BCUT2D eigenvalue weighted by molar-refractivity contribution is -0.159. The minimum atomic E-state index is -1.40. The van der Waals surface area contributed by atoms with E-state index in [1.165, 1.54) is 6.92 Å². The number of ether oxygens (including phenoxy) is 2. The summed E-state index contributed by atoms with van der Waals surface area (Å²) in [5.41, 5.74) is 0.132. The SMILES string of the molecule is C=C(C)C(=O)OC1C(=O)COC1=O. The molecule has 1 unspecified atom stereocenters. The van der Waals surface area contributed by atoms with Crippen LogP contribution in [-0.4, -0.2) is 30.4 Å². The summed E-state index contributed by atoms with van der Waals surface area (Å²) in [6.07, 6.45) is -1.40. The molecule has 0 amide bonds. The Labute approximate surface area is 74.3 Å². The second kappa shape index (κ2) is 3.38. The number of carbonyl (C=O) groups is 3. The van der Waals surface area contributed by atoms with Crippen LogP contribution in [0.4, 0.5) is 0 Å². The van der Waals surface area contributed by atoms with Crippen LogP contribution in [-0.2, 0) is 23.9 Å². The van der Waals surface area contributed by atoms with E-state index in [0.29, 0.717) is 0 Å². The van der Waals surface area contributed by atoms with Crippen molar-refractivity contribution in [2.75, 3.05) is 6.61 Å². The monoisotopic (exact) mass is 184 g/mol. The Balaban J connectivity index is 2.63. The summed E-state index contributed by atoms with van der Waals surface area (Å²) >= 11 is 0. The smallest absolute Gasteiger partial charge is 0.355 e. The van der Waals surface area contributed by atoms with Crippen LogP contribution in [0.15, 0.2) is 12.2 Å². The van der Waals surface area contributed by atoms with Gasteiger partial charge >= 0.3 is 11.9 Å². The fraction of sp³-hybridized carbons (Fsp3) is 0.375. The van der Waals surface area contributed by atoms with Crippen LogP contribution in [0.1, 0.15) is 6.92 Å². The first-order valence-corrected chi connectivity index (χ1v) is 3.58. The van der Waals surface area contributed by atoms with Crippen LogP contribution in [0.5, 0.6) is 0 Å². The minimum absolute atomic E-state index is 0.132. The summed E-state index contributed by atoms with van der Waals surface area (Å²) in [6, 6.07) is 0.